The van der Waals surface area contributed by atoms with Crippen LogP contribution in [0.5, 0.6) is 5.75 Å². The van der Waals surface area contributed by atoms with Gasteiger partial charge in [-0.05, 0) is 37.1 Å². The Labute approximate surface area is 179 Å². The predicted molar refractivity (Wildman–Crippen MR) is 108 cm³/mol. The summed E-state index contributed by atoms with van der Waals surface area (Å²) in [5.74, 6) is -3.98. The van der Waals surface area contributed by atoms with Gasteiger partial charge in [-0.2, -0.15) is 4.72 Å². The molecule has 168 valence electrons. The maximum Gasteiger partial charge on any atom is 0.279 e. The number of hydrogen-bond acceptors (Lipinski definition) is 5. The molecule has 2 rings (SSSR count). The van der Waals surface area contributed by atoms with Gasteiger partial charge in [0.1, 0.15) is 16.8 Å². The maximum atomic E-state index is 13.9. The first-order valence-electron chi connectivity index (χ1n) is 9.30. The SMILES string of the molecule is CC(Oc1ccccc1F)C(=O)NNC(=O)[C@@H](NS(=O)(=O)c1ccccc1F)C(C)C. The summed E-state index contributed by atoms with van der Waals surface area (Å²) in [7, 11) is -4.35. The lowest BCUT2D eigenvalue weighted by Gasteiger charge is -2.22. The largest absolute Gasteiger partial charge is 0.478 e. The molecule has 2 aromatic rings. The van der Waals surface area contributed by atoms with E-state index in [1.54, 1.807) is 13.8 Å². The molecule has 0 fully saturated rings. The van der Waals surface area contributed by atoms with Crippen molar-refractivity contribution in [2.45, 2.75) is 37.8 Å². The van der Waals surface area contributed by atoms with Gasteiger partial charge in [-0.25, -0.2) is 17.2 Å². The zero-order chi connectivity index (χ0) is 23.2. The Morgan fingerprint density at radius 3 is 2.00 bits per heavy atom. The molecule has 2 aromatic carbocycles. The summed E-state index contributed by atoms with van der Waals surface area (Å²) in [5.41, 5.74) is 4.20. The molecular weight excluding hydrogens is 432 g/mol. The van der Waals surface area contributed by atoms with Crippen LogP contribution in [0.15, 0.2) is 53.4 Å². The van der Waals surface area contributed by atoms with Gasteiger partial charge in [0.25, 0.3) is 11.8 Å². The molecule has 3 N–H and O–H groups in total. The van der Waals surface area contributed by atoms with Gasteiger partial charge in [-0.1, -0.05) is 38.1 Å². The van der Waals surface area contributed by atoms with Gasteiger partial charge in [0.2, 0.25) is 10.0 Å². The third kappa shape index (κ3) is 6.46. The van der Waals surface area contributed by atoms with Crippen LogP contribution in [0.2, 0.25) is 0 Å². The molecule has 31 heavy (non-hydrogen) atoms. The highest BCUT2D eigenvalue weighted by molar-refractivity contribution is 7.89. The molecule has 2 atom stereocenters. The molecule has 0 aliphatic rings. The van der Waals surface area contributed by atoms with Gasteiger partial charge in [-0.15, -0.1) is 0 Å². The first-order valence-corrected chi connectivity index (χ1v) is 10.8. The Morgan fingerprint density at radius 2 is 1.42 bits per heavy atom. The van der Waals surface area contributed by atoms with E-state index in [0.717, 1.165) is 18.2 Å². The van der Waals surface area contributed by atoms with Crippen LogP contribution < -0.4 is 20.3 Å². The van der Waals surface area contributed by atoms with Crippen molar-refractivity contribution in [2.75, 3.05) is 0 Å². The molecule has 0 saturated carbocycles. The number of ether oxygens (including phenoxy) is 1. The number of hydrazine groups is 1. The minimum absolute atomic E-state index is 0.144. The summed E-state index contributed by atoms with van der Waals surface area (Å²) in [6.07, 6.45) is -1.16. The van der Waals surface area contributed by atoms with E-state index in [9.17, 15) is 26.8 Å². The van der Waals surface area contributed by atoms with E-state index in [1.807, 2.05) is 0 Å². The van der Waals surface area contributed by atoms with E-state index in [-0.39, 0.29) is 5.75 Å². The van der Waals surface area contributed by atoms with Crippen molar-refractivity contribution >= 4 is 21.8 Å². The summed E-state index contributed by atoms with van der Waals surface area (Å²) < 4.78 is 59.8. The van der Waals surface area contributed by atoms with Crippen molar-refractivity contribution in [1.82, 2.24) is 15.6 Å². The monoisotopic (exact) mass is 455 g/mol. The van der Waals surface area contributed by atoms with Crippen LogP contribution >= 0.6 is 0 Å². The second-order valence-corrected chi connectivity index (χ2v) is 8.62. The number of benzene rings is 2. The van der Waals surface area contributed by atoms with Gasteiger partial charge < -0.3 is 4.74 Å². The van der Waals surface area contributed by atoms with Crippen molar-refractivity contribution in [3.05, 3.63) is 60.2 Å². The number of sulfonamides is 1. The smallest absolute Gasteiger partial charge is 0.279 e. The van der Waals surface area contributed by atoms with E-state index < -0.39 is 56.4 Å². The van der Waals surface area contributed by atoms with Crippen molar-refractivity contribution in [1.29, 1.82) is 0 Å². The molecule has 1 unspecified atom stereocenters. The number of rotatable bonds is 8. The van der Waals surface area contributed by atoms with E-state index in [4.69, 9.17) is 4.74 Å². The number of nitrogens with one attached hydrogen (secondary N) is 3. The zero-order valence-corrected chi connectivity index (χ0v) is 17.9. The molecule has 11 heteroatoms. The van der Waals surface area contributed by atoms with E-state index in [1.165, 1.54) is 37.3 Å². The fraction of sp³-hybridized carbons (Fsp3) is 0.300. The summed E-state index contributed by atoms with van der Waals surface area (Å²) in [6.45, 7) is 4.48. The first kappa shape index (κ1) is 24.2. The standard InChI is InChI=1S/C20H23F2N3O5S/c1-12(2)18(25-31(28,29)17-11-7-5-9-15(17)22)20(27)24-23-19(26)13(3)30-16-10-6-4-8-14(16)21/h4-13,18,25H,1-3H3,(H,23,26)(H,24,27)/t13?,18-/m0/s1. The van der Waals surface area contributed by atoms with E-state index in [0.29, 0.717) is 0 Å². The Balaban J connectivity index is 2.01. The molecule has 0 aliphatic carbocycles. The average Bonchev–Trinajstić information content (AvgIpc) is 2.71. The number of halogens is 2. The fourth-order valence-electron chi connectivity index (χ4n) is 2.47. The van der Waals surface area contributed by atoms with Crippen molar-refractivity contribution in [3.8, 4) is 5.75 Å². The summed E-state index contributed by atoms with van der Waals surface area (Å²) >= 11 is 0. The van der Waals surface area contributed by atoms with Crippen LogP contribution in [-0.2, 0) is 19.6 Å². The molecule has 0 heterocycles. The topological polar surface area (TPSA) is 114 Å². The average molecular weight is 455 g/mol. The number of amides is 2. The number of para-hydroxylation sites is 1. The third-order valence-corrected chi connectivity index (χ3v) is 5.65. The highest BCUT2D eigenvalue weighted by Crippen LogP contribution is 2.17. The van der Waals surface area contributed by atoms with Crippen LogP contribution in [0.25, 0.3) is 0 Å². The Morgan fingerprint density at radius 1 is 0.871 bits per heavy atom. The highest BCUT2D eigenvalue weighted by atomic mass is 32.2. The summed E-state index contributed by atoms with van der Waals surface area (Å²) in [5, 5.41) is 0. The number of carbonyl (C=O) groups is 2. The van der Waals surface area contributed by atoms with Crippen LogP contribution in [0, 0.1) is 17.6 Å². The normalized spacial score (nSPS) is 13.4. The Hall–Kier alpha value is -3.05. The van der Waals surface area contributed by atoms with Gasteiger partial charge in [0.05, 0.1) is 0 Å². The fourth-order valence-corrected chi connectivity index (χ4v) is 3.90. The summed E-state index contributed by atoms with van der Waals surface area (Å²) in [4.78, 5) is 24.0. The van der Waals surface area contributed by atoms with Crippen LogP contribution in [0.3, 0.4) is 0 Å². The van der Waals surface area contributed by atoms with Crippen LogP contribution in [0.1, 0.15) is 20.8 Å². The lowest BCUT2D eigenvalue weighted by Crippen LogP contribution is -2.55. The van der Waals surface area contributed by atoms with Gasteiger partial charge in [0, 0.05) is 0 Å². The summed E-state index contributed by atoms with van der Waals surface area (Å²) in [6, 6.07) is 8.90. The Bertz CT molecular complexity index is 1050. The lowest BCUT2D eigenvalue weighted by molar-refractivity contribution is -0.133. The molecule has 8 nitrogen and oxygen atoms in total. The highest BCUT2D eigenvalue weighted by Gasteiger charge is 2.30. The van der Waals surface area contributed by atoms with E-state index >= 15 is 0 Å². The van der Waals surface area contributed by atoms with Crippen molar-refractivity contribution < 1.29 is 31.5 Å². The maximum absolute atomic E-state index is 13.9. The second-order valence-electron chi connectivity index (χ2n) is 6.94. The van der Waals surface area contributed by atoms with Gasteiger partial charge in [0.15, 0.2) is 17.7 Å². The van der Waals surface area contributed by atoms with E-state index in [2.05, 4.69) is 15.6 Å². The molecule has 0 aliphatic heterocycles. The Kier molecular flexibility index (Phi) is 8.06. The molecule has 0 saturated heterocycles. The van der Waals surface area contributed by atoms with Crippen molar-refractivity contribution in [2.24, 2.45) is 5.92 Å². The van der Waals surface area contributed by atoms with Crippen molar-refractivity contribution in [3.63, 3.8) is 0 Å². The lowest BCUT2D eigenvalue weighted by atomic mass is 10.1. The van der Waals surface area contributed by atoms with Gasteiger partial charge in [-0.3, -0.25) is 20.4 Å². The third-order valence-electron chi connectivity index (χ3n) is 4.18. The minimum atomic E-state index is -4.35. The van der Waals surface area contributed by atoms with Crippen LogP contribution in [0.4, 0.5) is 8.78 Å². The molecular formula is C20H23F2N3O5S. The minimum Gasteiger partial charge on any atom is -0.478 e. The van der Waals surface area contributed by atoms with Crippen LogP contribution in [-0.4, -0.2) is 32.4 Å². The zero-order valence-electron chi connectivity index (χ0n) is 17.1. The molecule has 0 bridgehead atoms. The van der Waals surface area contributed by atoms with Gasteiger partial charge >= 0.3 is 0 Å². The predicted octanol–water partition coefficient (Wildman–Crippen LogP) is 1.88. The number of carbonyl (C=O) groups excluding carboxylic acids is 2. The quantitative estimate of drug-likeness (QED) is 0.526. The molecule has 2 amide bonds. The number of hydrogen-bond donors (Lipinski definition) is 3. The molecule has 0 radical (unpaired) electrons. The first-order chi connectivity index (χ1) is 14.5. The second kappa shape index (κ2) is 10.3. The molecule has 0 aromatic heterocycles. The molecule has 0 spiro atoms.